The van der Waals surface area contributed by atoms with Gasteiger partial charge in [-0.25, -0.2) is 0 Å². The summed E-state index contributed by atoms with van der Waals surface area (Å²) in [6, 6.07) is 7.66. The molecule has 0 bridgehead atoms. The van der Waals surface area contributed by atoms with Gasteiger partial charge in [0.15, 0.2) is 17.6 Å². The fraction of sp³-hybridized carbons (Fsp3) is 0.538. The van der Waals surface area contributed by atoms with Gasteiger partial charge in [-0.1, -0.05) is 12.1 Å². The van der Waals surface area contributed by atoms with Crippen molar-refractivity contribution in [3.05, 3.63) is 24.3 Å². The van der Waals surface area contributed by atoms with E-state index in [1.54, 1.807) is 14.2 Å². The van der Waals surface area contributed by atoms with Crippen LogP contribution >= 0.6 is 0 Å². The molecule has 2 rings (SSSR count). The molecular formula is C13H20O4. The first-order chi connectivity index (χ1) is 8.31. The Morgan fingerprint density at radius 2 is 1.82 bits per heavy atom. The topological polar surface area (TPSA) is 36.9 Å². The molecule has 0 unspecified atom stereocenters. The van der Waals surface area contributed by atoms with Crippen LogP contribution in [0.5, 0.6) is 11.5 Å². The van der Waals surface area contributed by atoms with Gasteiger partial charge < -0.3 is 18.9 Å². The predicted octanol–water partition coefficient (Wildman–Crippen LogP) is 2.13. The summed E-state index contributed by atoms with van der Waals surface area (Å²) in [6.45, 7) is 3.90. The van der Waals surface area contributed by atoms with Crippen LogP contribution < -0.4 is 9.47 Å². The van der Waals surface area contributed by atoms with E-state index in [2.05, 4.69) is 4.74 Å². The van der Waals surface area contributed by atoms with Crippen LogP contribution in [0.25, 0.3) is 0 Å². The molecule has 0 fully saturated rings. The third-order valence-electron chi connectivity index (χ3n) is 2.21. The summed E-state index contributed by atoms with van der Waals surface area (Å²) < 4.78 is 20.6. The molecule has 0 aromatic heterocycles. The number of ether oxygens (including phenoxy) is 4. The maximum atomic E-state index is 5.62. The molecule has 4 nitrogen and oxygen atoms in total. The zero-order valence-electron chi connectivity index (χ0n) is 10.6. The molecule has 0 radical (unpaired) electrons. The minimum atomic E-state index is 0.0138. The Morgan fingerprint density at radius 1 is 1.18 bits per heavy atom. The summed E-state index contributed by atoms with van der Waals surface area (Å²) in [7, 11) is 3.34. The van der Waals surface area contributed by atoms with Gasteiger partial charge in [0.2, 0.25) is 0 Å². The lowest BCUT2D eigenvalue weighted by Crippen LogP contribution is -2.32. The summed E-state index contributed by atoms with van der Waals surface area (Å²) in [4.78, 5) is 0. The van der Waals surface area contributed by atoms with Crippen LogP contribution in [0.1, 0.15) is 6.92 Å². The summed E-state index contributed by atoms with van der Waals surface area (Å²) in [5.74, 6) is 1.62. The molecule has 1 aromatic rings. The van der Waals surface area contributed by atoms with Crippen LogP contribution in [-0.2, 0) is 9.47 Å². The fourth-order valence-corrected chi connectivity index (χ4v) is 1.33. The predicted molar refractivity (Wildman–Crippen MR) is 65.8 cm³/mol. The standard InChI is InChI=1S/C10H12O3.C3H8O/c1-11-6-8-7-12-9-4-2-3-5-10(9)13-8;1-3-4-2/h2-5,8H,6-7H2,1H3;3H2,1-2H3/t8-;/m0./s1. The summed E-state index contributed by atoms with van der Waals surface area (Å²) in [5.41, 5.74) is 0. The lowest BCUT2D eigenvalue weighted by molar-refractivity contribution is 0.0272. The van der Waals surface area contributed by atoms with Gasteiger partial charge in [-0.15, -0.1) is 0 Å². The van der Waals surface area contributed by atoms with Gasteiger partial charge in [-0.05, 0) is 19.1 Å². The molecule has 96 valence electrons. The molecule has 1 aliphatic rings. The maximum Gasteiger partial charge on any atom is 0.161 e. The Labute approximate surface area is 102 Å². The van der Waals surface area contributed by atoms with Crippen molar-refractivity contribution in [3.8, 4) is 11.5 Å². The SMILES string of the molecule is CCOC.COC[C@H]1COc2ccccc2O1. The van der Waals surface area contributed by atoms with Crippen molar-refractivity contribution in [2.45, 2.75) is 13.0 Å². The molecule has 17 heavy (non-hydrogen) atoms. The zero-order valence-corrected chi connectivity index (χ0v) is 10.6. The van der Waals surface area contributed by atoms with E-state index in [1.807, 2.05) is 31.2 Å². The van der Waals surface area contributed by atoms with Crippen molar-refractivity contribution in [1.29, 1.82) is 0 Å². The molecule has 0 saturated heterocycles. The van der Waals surface area contributed by atoms with E-state index in [0.29, 0.717) is 13.2 Å². The Morgan fingerprint density at radius 3 is 2.41 bits per heavy atom. The third-order valence-corrected chi connectivity index (χ3v) is 2.21. The first kappa shape index (κ1) is 13.8. The Balaban J connectivity index is 0.000000317. The van der Waals surface area contributed by atoms with Crippen molar-refractivity contribution < 1.29 is 18.9 Å². The van der Waals surface area contributed by atoms with Crippen molar-refractivity contribution in [2.75, 3.05) is 34.0 Å². The normalized spacial score (nSPS) is 17.0. The average Bonchev–Trinajstić information content (AvgIpc) is 2.39. The van der Waals surface area contributed by atoms with E-state index in [9.17, 15) is 0 Å². The number of hydrogen-bond acceptors (Lipinski definition) is 4. The second-order valence-corrected chi connectivity index (χ2v) is 3.53. The molecule has 0 amide bonds. The molecular weight excluding hydrogens is 220 g/mol. The smallest absolute Gasteiger partial charge is 0.161 e. The highest BCUT2D eigenvalue weighted by Crippen LogP contribution is 2.30. The van der Waals surface area contributed by atoms with Crippen molar-refractivity contribution in [1.82, 2.24) is 0 Å². The van der Waals surface area contributed by atoms with E-state index >= 15 is 0 Å². The van der Waals surface area contributed by atoms with Gasteiger partial charge in [0.1, 0.15) is 6.61 Å². The Kier molecular flexibility index (Phi) is 6.43. The lowest BCUT2D eigenvalue weighted by atomic mass is 10.3. The van der Waals surface area contributed by atoms with Crippen molar-refractivity contribution >= 4 is 0 Å². The molecule has 1 heterocycles. The number of hydrogen-bond donors (Lipinski definition) is 0. The van der Waals surface area contributed by atoms with E-state index in [-0.39, 0.29) is 6.10 Å². The van der Waals surface area contributed by atoms with Gasteiger partial charge in [-0.3, -0.25) is 0 Å². The van der Waals surface area contributed by atoms with Crippen LogP contribution in [0.3, 0.4) is 0 Å². The average molecular weight is 240 g/mol. The highest BCUT2D eigenvalue weighted by molar-refractivity contribution is 5.40. The molecule has 1 aromatic carbocycles. The van der Waals surface area contributed by atoms with Gasteiger partial charge in [0.25, 0.3) is 0 Å². The first-order valence-electron chi connectivity index (χ1n) is 5.68. The Bertz CT molecular complexity index is 312. The number of para-hydroxylation sites is 2. The largest absolute Gasteiger partial charge is 0.486 e. The monoisotopic (exact) mass is 240 g/mol. The molecule has 0 aliphatic carbocycles. The van der Waals surface area contributed by atoms with Gasteiger partial charge >= 0.3 is 0 Å². The molecule has 1 atom stereocenters. The van der Waals surface area contributed by atoms with Gasteiger partial charge in [0, 0.05) is 20.8 Å². The second-order valence-electron chi connectivity index (χ2n) is 3.53. The van der Waals surface area contributed by atoms with Crippen LogP contribution in [0, 0.1) is 0 Å². The highest BCUT2D eigenvalue weighted by atomic mass is 16.6. The second kappa shape index (κ2) is 7.92. The van der Waals surface area contributed by atoms with Crippen LogP contribution in [0.2, 0.25) is 0 Å². The zero-order chi connectivity index (χ0) is 12.5. The number of fused-ring (bicyclic) bond motifs is 1. The van der Waals surface area contributed by atoms with Crippen LogP contribution in [-0.4, -0.2) is 40.1 Å². The molecule has 0 spiro atoms. The molecule has 0 saturated carbocycles. The Hall–Kier alpha value is -1.26. The van der Waals surface area contributed by atoms with Gasteiger partial charge in [-0.2, -0.15) is 0 Å². The molecule has 1 aliphatic heterocycles. The summed E-state index contributed by atoms with van der Waals surface area (Å²) in [6.07, 6.45) is 0.0138. The molecule has 0 N–H and O–H groups in total. The highest BCUT2D eigenvalue weighted by Gasteiger charge is 2.19. The summed E-state index contributed by atoms with van der Waals surface area (Å²) in [5, 5.41) is 0. The third kappa shape index (κ3) is 4.63. The van der Waals surface area contributed by atoms with E-state index in [1.165, 1.54) is 0 Å². The maximum absolute atomic E-state index is 5.62. The van der Waals surface area contributed by atoms with Gasteiger partial charge in [0.05, 0.1) is 6.61 Å². The molecule has 4 heteroatoms. The fourth-order valence-electron chi connectivity index (χ4n) is 1.33. The van der Waals surface area contributed by atoms with E-state index in [0.717, 1.165) is 18.1 Å². The van der Waals surface area contributed by atoms with Crippen molar-refractivity contribution in [2.24, 2.45) is 0 Å². The first-order valence-corrected chi connectivity index (χ1v) is 5.68. The minimum absolute atomic E-state index is 0.0138. The number of methoxy groups -OCH3 is 2. The summed E-state index contributed by atoms with van der Waals surface area (Å²) >= 11 is 0. The lowest BCUT2D eigenvalue weighted by Gasteiger charge is -2.25. The minimum Gasteiger partial charge on any atom is -0.486 e. The van der Waals surface area contributed by atoms with E-state index in [4.69, 9.17) is 14.2 Å². The van der Waals surface area contributed by atoms with Crippen LogP contribution in [0.15, 0.2) is 24.3 Å². The van der Waals surface area contributed by atoms with E-state index < -0.39 is 0 Å². The quantitative estimate of drug-likeness (QED) is 0.811. The number of rotatable bonds is 3. The van der Waals surface area contributed by atoms with Crippen LogP contribution in [0.4, 0.5) is 0 Å². The van der Waals surface area contributed by atoms with Crippen molar-refractivity contribution in [3.63, 3.8) is 0 Å². The number of benzene rings is 1.